The first kappa shape index (κ1) is 20.1. The van der Waals surface area contributed by atoms with E-state index in [4.69, 9.17) is 10.00 Å². The Bertz CT molecular complexity index is 722. The van der Waals surface area contributed by atoms with Crippen LogP contribution < -0.4 is 10.6 Å². The van der Waals surface area contributed by atoms with Crippen LogP contribution in [-0.4, -0.2) is 60.2 Å². The number of carbonyl (C=O) groups is 1. The molecule has 0 unspecified atom stereocenters. The molecule has 0 radical (unpaired) electrons. The Morgan fingerprint density at radius 1 is 1.10 bits per heavy atom. The van der Waals surface area contributed by atoms with Crippen molar-refractivity contribution in [2.24, 2.45) is 5.92 Å². The summed E-state index contributed by atoms with van der Waals surface area (Å²) in [5.74, 6) is 1.06. The first-order valence-electron chi connectivity index (χ1n) is 11.0. The van der Waals surface area contributed by atoms with Crippen LogP contribution in [0.2, 0.25) is 0 Å². The van der Waals surface area contributed by atoms with Crippen LogP contribution >= 0.6 is 0 Å². The lowest BCUT2D eigenvalue weighted by Crippen LogP contribution is -2.48. The zero-order valence-electron chi connectivity index (χ0n) is 17.0. The molecule has 0 spiro atoms. The van der Waals surface area contributed by atoms with Crippen molar-refractivity contribution in [1.82, 2.24) is 15.2 Å². The maximum Gasteiger partial charge on any atom is 0.224 e. The first-order valence-corrected chi connectivity index (χ1v) is 11.0. The largest absolute Gasteiger partial charge is 0.381 e. The molecule has 2 atom stereocenters. The minimum atomic E-state index is 0.0409. The van der Waals surface area contributed by atoms with E-state index in [-0.39, 0.29) is 17.9 Å². The van der Waals surface area contributed by atoms with Gasteiger partial charge in [-0.15, -0.1) is 0 Å². The Balaban J connectivity index is 1.43. The van der Waals surface area contributed by atoms with Crippen molar-refractivity contribution >= 4 is 11.7 Å². The van der Waals surface area contributed by atoms with E-state index in [9.17, 15) is 4.79 Å². The molecule has 2 N–H and O–H groups in total. The molecule has 7 nitrogen and oxygen atoms in total. The molecule has 2 saturated heterocycles. The number of amides is 1. The smallest absolute Gasteiger partial charge is 0.224 e. The predicted octanol–water partition coefficient (Wildman–Crippen LogP) is 2.29. The normalized spacial score (nSPS) is 26.7. The molecule has 3 fully saturated rings. The van der Waals surface area contributed by atoms with Crippen LogP contribution in [-0.2, 0) is 9.53 Å². The first-order chi connectivity index (χ1) is 14.2. The lowest BCUT2D eigenvalue weighted by atomic mass is 9.91. The molecule has 1 aromatic heterocycles. The Morgan fingerprint density at radius 3 is 2.59 bits per heavy atom. The van der Waals surface area contributed by atoms with Gasteiger partial charge in [-0.1, -0.05) is 0 Å². The van der Waals surface area contributed by atoms with Crippen LogP contribution in [0, 0.1) is 17.2 Å². The molecular formula is C22H31N5O2. The van der Waals surface area contributed by atoms with Gasteiger partial charge in [-0.3, -0.25) is 9.69 Å². The number of carbonyl (C=O) groups excluding carboxylic acids is 1. The minimum absolute atomic E-state index is 0.0409. The third-order valence-electron chi connectivity index (χ3n) is 6.55. The van der Waals surface area contributed by atoms with Crippen molar-refractivity contribution in [3.63, 3.8) is 0 Å². The molecule has 4 rings (SSSR count). The summed E-state index contributed by atoms with van der Waals surface area (Å²) < 4.78 is 5.56. The summed E-state index contributed by atoms with van der Waals surface area (Å²) in [4.78, 5) is 19.8. The number of hydrogen-bond acceptors (Lipinski definition) is 6. The van der Waals surface area contributed by atoms with E-state index in [1.54, 1.807) is 12.3 Å². The maximum absolute atomic E-state index is 12.9. The molecule has 1 amide bonds. The standard InChI is InChI=1S/C22H31N5O2/c23-12-16-4-7-21(24-13-16)25-19-6-5-17(22(28)26-18-2-1-3-18)14-27(15-19)20-8-10-29-11-9-20/h4,7,13,17-20H,1-3,5-6,8-11,14-15H2,(H,24,25)(H,26,28)/t17-,19+/m1/s1. The molecule has 1 saturated carbocycles. The zero-order valence-corrected chi connectivity index (χ0v) is 17.0. The van der Waals surface area contributed by atoms with Crippen molar-refractivity contribution in [3.05, 3.63) is 23.9 Å². The number of nitriles is 1. The third kappa shape index (κ3) is 5.26. The van der Waals surface area contributed by atoms with Gasteiger partial charge >= 0.3 is 0 Å². The molecule has 1 aromatic rings. The summed E-state index contributed by atoms with van der Waals surface area (Å²) >= 11 is 0. The van der Waals surface area contributed by atoms with E-state index in [1.165, 1.54) is 6.42 Å². The topological polar surface area (TPSA) is 90.3 Å². The maximum atomic E-state index is 12.9. The summed E-state index contributed by atoms with van der Waals surface area (Å²) in [6, 6.07) is 6.85. The molecule has 0 bridgehead atoms. The van der Waals surface area contributed by atoms with E-state index in [2.05, 4.69) is 26.6 Å². The van der Waals surface area contributed by atoms with Crippen molar-refractivity contribution in [3.8, 4) is 6.07 Å². The Kier molecular flexibility index (Phi) is 6.63. The summed E-state index contributed by atoms with van der Waals surface area (Å²) in [5, 5.41) is 15.8. The second kappa shape index (κ2) is 9.55. The number of likely N-dealkylation sites (tertiary alicyclic amines) is 1. The number of rotatable bonds is 5. The number of pyridine rings is 1. The van der Waals surface area contributed by atoms with E-state index >= 15 is 0 Å². The monoisotopic (exact) mass is 397 g/mol. The third-order valence-corrected chi connectivity index (χ3v) is 6.55. The molecule has 7 heteroatoms. The molecule has 156 valence electrons. The van der Waals surface area contributed by atoms with Crippen LogP contribution in [0.1, 0.15) is 50.5 Å². The molecular weight excluding hydrogens is 366 g/mol. The SMILES string of the molecule is N#Cc1ccc(N[C@H]2CC[C@@H](C(=O)NC3CCC3)CN(C3CCOCC3)C2)nc1. The number of anilines is 1. The molecule has 2 aliphatic heterocycles. The van der Waals surface area contributed by atoms with Crippen molar-refractivity contribution in [2.75, 3.05) is 31.6 Å². The second-order valence-corrected chi connectivity index (χ2v) is 8.59. The number of ether oxygens (including phenoxy) is 1. The van der Waals surface area contributed by atoms with Gasteiger partial charge in [0.15, 0.2) is 0 Å². The second-order valence-electron chi connectivity index (χ2n) is 8.59. The van der Waals surface area contributed by atoms with Crippen LogP contribution in [0.4, 0.5) is 5.82 Å². The quantitative estimate of drug-likeness (QED) is 0.792. The van der Waals surface area contributed by atoms with Crippen LogP contribution in [0.5, 0.6) is 0 Å². The fraction of sp³-hybridized carbons (Fsp3) is 0.682. The van der Waals surface area contributed by atoms with Crippen LogP contribution in [0.15, 0.2) is 18.3 Å². The zero-order chi connectivity index (χ0) is 20.1. The summed E-state index contributed by atoms with van der Waals surface area (Å²) in [6.45, 7) is 3.33. The molecule has 3 aliphatic rings. The van der Waals surface area contributed by atoms with E-state index in [1.807, 2.05) is 6.07 Å². The highest BCUT2D eigenvalue weighted by Gasteiger charge is 2.34. The predicted molar refractivity (Wildman–Crippen MR) is 110 cm³/mol. The van der Waals surface area contributed by atoms with Gasteiger partial charge in [-0.25, -0.2) is 4.98 Å². The van der Waals surface area contributed by atoms with Gasteiger partial charge in [-0.05, 0) is 57.1 Å². The average molecular weight is 398 g/mol. The van der Waals surface area contributed by atoms with Crippen LogP contribution in [0.25, 0.3) is 0 Å². The molecule has 29 heavy (non-hydrogen) atoms. The fourth-order valence-corrected chi connectivity index (χ4v) is 4.53. The number of nitrogens with one attached hydrogen (secondary N) is 2. The van der Waals surface area contributed by atoms with Crippen molar-refractivity contribution in [2.45, 2.75) is 63.1 Å². The van der Waals surface area contributed by atoms with Gasteiger partial charge < -0.3 is 15.4 Å². The lowest BCUT2D eigenvalue weighted by molar-refractivity contribution is -0.127. The Labute approximate surface area is 172 Å². The minimum Gasteiger partial charge on any atom is -0.381 e. The lowest BCUT2D eigenvalue weighted by Gasteiger charge is -2.36. The van der Waals surface area contributed by atoms with Crippen molar-refractivity contribution in [1.29, 1.82) is 5.26 Å². The average Bonchev–Trinajstić information content (AvgIpc) is 2.95. The van der Waals surface area contributed by atoms with Gasteiger partial charge in [0.2, 0.25) is 5.91 Å². The number of hydrogen-bond donors (Lipinski definition) is 2. The molecule has 3 heterocycles. The highest BCUT2D eigenvalue weighted by atomic mass is 16.5. The van der Waals surface area contributed by atoms with Gasteiger partial charge in [0.25, 0.3) is 0 Å². The van der Waals surface area contributed by atoms with E-state index < -0.39 is 0 Å². The van der Waals surface area contributed by atoms with Gasteiger partial charge in [-0.2, -0.15) is 5.26 Å². The Hall–Kier alpha value is -2.17. The fourth-order valence-electron chi connectivity index (χ4n) is 4.53. The Morgan fingerprint density at radius 2 is 1.93 bits per heavy atom. The van der Waals surface area contributed by atoms with Gasteiger partial charge in [0.05, 0.1) is 11.5 Å². The summed E-state index contributed by atoms with van der Waals surface area (Å²) in [6.07, 6.45) is 8.94. The molecule has 1 aliphatic carbocycles. The highest BCUT2D eigenvalue weighted by Crippen LogP contribution is 2.26. The van der Waals surface area contributed by atoms with Gasteiger partial charge in [0.1, 0.15) is 11.9 Å². The number of nitrogens with zero attached hydrogens (tertiary/aromatic N) is 3. The van der Waals surface area contributed by atoms with E-state index in [0.29, 0.717) is 17.6 Å². The number of aromatic nitrogens is 1. The van der Waals surface area contributed by atoms with Crippen molar-refractivity contribution < 1.29 is 9.53 Å². The summed E-state index contributed by atoms with van der Waals surface area (Å²) in [5.41, 5.74) is 0.563. The highest BCUT2D eigenvalue weighted by molar-refractivity contribution is 5.79. The van der Waals surface area contributed by atoms with Gasteiger partial charge in [0, 0.05) is 50.6 Å². The van der Waals surface area contributed by atoms with E-state index in [0.717, 1.165) is 70.6 Å². The molecule has 0 aromatic carbocycles. The summed E-state index contributed by atoms with van der Waals surface area (Å²) in [7, 11) is 0. The van der Waals surface area contributed by atoms with Crippen LogP contribution in [0.3, 0.4) is 0 Å².